The highest BCUT2D eigenvalue weighted by Crippen LogP contribution is 2.05. The molecule has 0 aliphatic carbocycles. The Morgan fingerprint density at radius 1 is 1.67 bits per heavy atom. The summed E-state index contributed by atoms with van der Waals surface area (Å²) in [5, 5.41) is 0. The second-order valence-corrected chi connectivity index (χ2v) is 2.09. The third kappa shape index (κ3) is 4.01. The molecule has 0 aromatic carbocycles. The second-order valence-electron chi connectivity index (χ2n) is 2.09. The number of hydrogen-bond donors (Lipinski definition) is 0. The van der Waals surface area contributed by atoms with E-state index in [4.69, 9.17) is 0 Å². The van der Waals surface area contributed by atoms with Crippen LogP contribution in [0.3, 0.4) is 0 Å². The van der Waals surface area contributed by atoms with Crippen LogP contribution in [0, 0.1) is 6.08 Å². The lowest BCUT2D eigenvalue weighted by molar-refractivity contribution is 0.795. The Morgan fingerprint density at radius 2 is 2.33 bits per heavy atom. The van der Waals surface area contributed by atoms with Crippen molar-refractivity contribution < 1.29 is 0 Å². The minimum absolute atomic E-state index is 1.14. The van der Waals surface area contributed by atoms with Crippen molar-refractivity contribution in [1.29, 1.82) is 0 Å². The molecule has 0 saturated heterocycles. The summed E-state index contributed by atoms with van der Waals surface area (Å²) in [6, 6.07) is 0. The van der Waals surface area contributed by atoms with E-state index in [1.54, 1.807) is 0 Å². The van der Waals surface area contributed by atoms with Crippen molar-refractivity contribution in [2.24, 2.45) is 0 Å². The maximum Gasteiger partial charge on any atom is -0.0231 e. The third-order valence-corrected chi connectivity index (χ3v) is 1.38. The lowest BCUT2D eigenvalue weighted by Gasteiger charge is -1.95. The van der Waals surface area contributed by atoms with E-state index in [2.05, 4.69) is 25.7 Å². The first-order valence-electron chi connectivity index (χ1n) is 3.53. The van der Waals surface area contributed by atoms with Gasteiger partial charge in [0.1, 0.15) is 0 Å². The van der Waals surface area contributed by atoms with Crippen molar-refractivity contribution in [2.75, 3.05) is 0 Å². The molecule has 0 saturated carbocycles. The number of unbranched alkanes of at least 4 members (excludes halogenated alkanes) is 1. The quantitative estimate of drug-likeness (QED) is 0.504. The first kappa shape index (κ1) is 8.48. The van der Waals surface area contributed by atoms with E-state index < -0.39 is 0 Å². The van der Waals surface area contributed by atoms with Gasteiger partial charge in [-0.05, 0) is 31.4 Å². The van der Waals surface area contributed by atoms with E-state index >= 15 is 0 Å². The fourth-order valence-electron chi connectivity index (χ4n) is 0.702. The van der Waals surface area contributed by atoms with Crippen molar-refractivity contribution in [3.05, 3.63) is 24.3 Å². The topological polar surface area (TPSA) is 0 Å². The second kappa shape index (κ2) is 5.61. The van der Waals surface area contributed by atoms with Gasteiger partial charge in [0.2, 0.25) is 0 Å². The Labute approximate surface area is 58.3 Å². The number of rotatable bonds is 4. The molecule has 0 N–H and O–H groups in total. The fourth-order valence-corrected chi connectivity index (χ4v) is 0.702. The molecule has 9 heavy (non-hydrogen) atoms. The van der Waals surface area contributed by atoms with Gasteiger partial charge in [-0.25, -0.2) is 0 Å². The monoisotopic (exact) mass is 123 g/mol. The van der Waals surface area contributed by atoms with Gasteiger partial charge in [0.05, 0.1) is 0 Å². The Morgan fingerprint density at radius 3 is 2.67 bits per heavy atom. The summed E-state index contributed by atoms with van der Waals surface area (Å²) in [4.78, 5) is 0. The average molecular weight is 123 g/mol. The number of allylic oxidation sites excluding steroid dienone is 3. The molecule has 0 heteroatoms. The summed E-state index contributed by atoms with van der Waals surface area (Å²) in [6.07, 6.45) is 8.61. The molecule has 0 nitrogen and oxygen atoms in total. The molecule has 0 aromatic rings. The lowest BCUT2D eigenvalue weighted by atomic mass is 10.1. The van der Waals surface area contributed by atoms with Gasteiger partial charge in [0.25, 0.3) is 0 Å². The van der Waals surface area contributed by atoms with E-state index in [0.717, 1.165) is 6.42 Å². The summed E-state index contributed by atoms with van der Waals surface area (Å²) in [5.41, 5.74) is 1.25. The highest BCUT2D eigenvalue weighted by Gasteiger charge is 1.87. The molecule has 0 spiro atoms. The van der Waals surface area contributed by atoms with E-state index in [-0.39, 0.29) is 0 Å². The van der Waals surface area contributed by atoms with Gasteiger partial charge < -0.3 is 0 Å². The summed E-state index contributed by atoms with van der Waals surface area (Å²) in [5.74, 6) is 0. The Bertz CT molecular complexity index is 98.6. The van der Waals surface area contributed by atoms with Crippen LogP contribution in [-0.2, 0) is 0 Å². The van der Waals surface area contributed by atoms with Crippen LogP contribution in [-0.4, -0.2) is 0 Å². The standard InChI is InChI=1S/C9H15/c1-4-7-8-9(5-2)6-3/h6H,2,4,7-8H2,1,3H3/b9-6+. The molecule has 0 aromatic heterocycles. The summed E-state index contributed by atoms with van der Waals surface area (Å²) in [7, 11) is 0. The zero-order valence-corrected chi connectivity index (χ0v) is 6.41. The highest BCUT2D eigenvalue weighted by molar-refractivity contribution is 5.08. The maximum absolute atomic E-state index is 3.59. The lowest BCUT2D eigenvalue weighted by Crippen LogP contribution is -1.77. The van der Waals surface area contributed by atoms with Gasteiger partial charge in [-0.3, -0.25) is 0 Å². The van der Waals surface area contributed by atoms with Crippen LogP contribution in [0.25, 0.3) is 0 Å². The Kier molecular flexibility index (Phi) is 5.29. The molecule has 0 atom stereocenters. The van der Waals surface area contributed by atoms with Gasteiger partial charge in [-0.1, -0.05) is 26.0 Å². The zero-order chi connectivity index (χ0) is 7.11. The van der Waals surface area contributed by atoms with Crippen LogP contribution >= 0.6 is 0 Å². The maximum atomic E-state index is 3.59. The average Bonchev–Trinajstić information content (AvgIpc) is 1.91. The van der Waals surface area contributed by atoms with Crippen molar-refractivity contribution >= 4 is 0 Å². The van der Waals surface area contributed by atoms with Crippen molar-refractivity contribution in [2.45, 2.75) is 33.1 Å². The molecule has 1 radical (unpaired) electrons. The van der Waals surface area contributed by atoms with Gasteiger partial charge in [0, 0.05) is 0 Å². The van der Waals surface area contributed by atoms with Crippen molar-refractivity contribution in [3.8, 4) is 0 Å². The first-order chi connectivity index (χ1) is 4.35. The van der Waals surface area contributed by atoms with E-state index in [0.29, 0.717) is 0 Å². The largest absolute Gasteiger partial charge is 0.0909 e. The van der Waals surface area contributed by atoms with Gasteiger partial charge in [-0.15, -0.1) is 0 Å². The van der Waals surface area contributed by atoms with Gasteiger partial charge in [0.15, 0.2) is 0 Å². The van der Waals surface area contributed by atoms with Crippen LogP contribution in [0.15, 0.2) is 18.2 Å². The molecule has 0 unspecified atom stereocenters. The van der Waals surface area contributed by atoms with Crippen LogP contribution in [0.1, 0.15) is 33.1 Å². The molecular formula is C9H15. The van der Waals surface area contributed by atoms with Crippen molar-refractivity contribution in [1.82, 2.24) is 0 Å². The Hall–Kier alpha value is -0.520. The van der Waals surface area contributed by atoms with Gasteiger partial charge >= 0.3 is 0 Å². The Balaban J connectivity index is 3.45. The predicted octanol–water partition coefficient (Wildman–Crippen LogP) is 3.11. The molecule has 0 fully saturated rings. The van der Waals surface area contributed by atoms with Crippen LogP contribution in [0.5, 0.6) is 0 Å². The fraction of sp³-hybridized carbons (Fsp3) is 0.556. The third-order valence-electron chi connectivity index (χ3n) is 1.38. The summed E-state index contributed by atoms with van der Waals surface area (Å²) in [6.45, 7) is 7.81. The summed E-state index contributed by atoms with van der Waals surface area (Å²) < 4.78 is 0. The predicted molar refractivity (Wildman–Crippen MR) is 42.2 cm³/mol. The SMILES string of the molecule is C=[C]/C(=C\C)CCCC. The molecule has 0 heterocycles. The normalized spacial score (nSPS) is 11.6. The number of hydrogen-bond acceptors (Lipinski definition) is 0. The molecule has 0 rings (SSSR count). The summed E-state index contributed by atoms with van der Waals surface area (Å²) >= 11 is 0. The van der Waals surface area contributed by atoms with E-state index in [1.165, 1.54) is 18.4 Å². The van der Waals surface area contributed by atoms with Gasteiger partial charge in [-0.2, -0.15) is 0 Å². The molecule has 0 bridgehead atoms. The minimum atomic E-state index is 1.14. The van der Waals surface area contributed by atoms with E-state index in [1.807, 2.05) is 6.92 Å². The van der Waals surface area contributed by atoms with E-state index in [9.17, 15) is 0 Å². The molecule has 51 valence electrons. The molecule has 0 aliphatic heterocycles. The van der Waals surface area contributed by atoms with Crippen LogP contribution in [0.2, 0.25) is 0 Å². The first-order valence-corrected chi connectivity index (χ1v) is 3.53. The van der Waals surface area contributed by atoms with Crippen LogP contribution in [0.4, 0.5) is 0 Å². The molecule has 0 aliphatic rings. The zero-order valence-electron chi connectivity index (χ0n) is 6.41. The molecule has 0 amide bonds. The smallest absolute Gasteiger partial charge is 0.0231 e. The van der Waals surface area contributed by atoms with Crippen LogP contribution < -0.4 is 0 Å². The molecular weight excluding hydrogens is 108 g/mol. The van der Waals surface area contributed by atoms with Crippen molar-refractivity contribution in [3.63, 3.8) is 0 Å². The minimum Gasteiger partial charge on any atom is -0.0909 e. The highest BCUT2D eigenvalue weighted by atomic mass is 13.9.